The van der Waals surface area contributed by atoms with Crippen LogP contribution in [0.3, 0.4) is 0 Å². The van der Waals surface area contributed by atoms with E-state index in [-0.39, 0.29) is 11.4 Å². The maximum Gasteiger partial charge on any atom is 0.164 e. The molecule has 0 amide bonds. The summed E-state index contributed by atoms with van der Waals surface area (Å²) < 4.78 is 5.66. The van der Waals surface area contributed by atoms with Gasteiger partial charge in [-0.15, -0.1) is 6.58 Å². The molecule has 1 aliphatic rings. The third kappa shape index (κ3) is 1.58. The number of hydrogen-bond acceptors (Lipinski definition) is 2. The Bertz CT molecular complexity index is 215. The topological polar surface area (TPSA) is 26.3 Å². The van der Waals surface area contributed by atoms with Crippen LogP contribution in [0.1, 0.15) is 33.6 Å². The van der Waals surface area contributed by atoms with E-state index in [1.165, 1.54) is 0 Å². The van der Waals surface area contributed by atoms with Crippen molar-refractivity contribution in [2.24, 2.45) is 0 Å². The Morgan fingerprint density at radius 1 is 1.50 bits per heavy atom. The van der Waals surface area contributed by atoms with Crippen molar-refractivity contribution in [2.45, 2.75) is 44.8 Å². The first-order valence-corrected chi connectivity index (χ1v) is 4.27. The molecule has 1 fully saturated rings. The number of rotatable bonds is 1. The van der Waals surface area contributed by atoms with Gasteiger partial charge in [-0.05, 0) is 27.2 Å². The summed E-state index contributed by atoms with van der Waals surface area (Å²) >= 11 is 0. The zero-order valence-corrected chi connectivity index (χ0v) is 8.02. The van der Waals surface area contributed by atoms with Crippen LogP contribution in [-0.4, -0.2) is 17.0 Å². The Kier molecular flexibility index (Phi) is 2.13. The van der Waals surface area contributed by atoms with Gasteiger partial charge in [-0.1, -0.05) is 6.08 Å². The number of ether oxygens (including phenoxy) is 1. The van der Waals surface area contributed by atoms with Crippen LogP contribution in [0, 0.1) is 0 Å². The minimum Gasteiger partial charge on any atom is -0.358 e. The fraction of sp³-hybridized carbons (Fsp3) is 0.700. The Balaban J connectivity index is 2.82. The van der Waals surface area contributed by atoms with Crippen molar-refractivity contribution in [1.29, 1.82) is 0 Å². The lowest BCUT2D eigenvalue weighted by Crippen LogP contribution is -2.48. The van der Waals surface area contributed by atoms with Crippen molar-refractivity contribution in [3.8, 4) is 0 Å². The van der Waals surface area contributed by atoms with Crippen LogP contribution in [0.4, 0.5) is 0 Å². The predicted molar refractivity (Wildman–Crippen MR) is 48.0 cm³/mol. The molecule has 0 aliphatic carbocycles. The molecule has 0 saturated carbocycles. The lowest BCUT2D eigenvalue weighted by molar-refractivity contribution is -0.169. The van der Waals surface area contributed by atoms with Crippen LogP contribution in [0.15, 0.2) is 12.7 Å². The molecular weight excluding hydrogens is 152 g/mol. The second-order valence-corrected chi connectivity index (χ2v) is 4.05. The molecule has 1 rings (SSSR count). The molecule has 1 unspecified atom stereocenters. The molecule has 0 bridgehead atoms. The van der Waals surface area contributed by atoms with E-state index in [9.17, 15) is 4.79 Å². The van der Waals surface area contributed by atoms with Gasteiger partial charge >= 0.3 is 0 Å². The first-order valence-electron chi connectivity index (χ1n) is 4.27. The molecule has 1 aliphatic heterocycles. The summed E-state index contributed by atoms with van der Waals surface area (Å²) in [6.45, 7) is 9.31. The van der Waals surface area contributed by atoms with E-state index in [1.54, 1.807) is 6.08 Å². The number of hydrogen-bond donors (Lipinski definition) is 0. The van der Waals surface area contributed by atoms with E-state index in [4.69, 9.17) is 4.74 Å². The second kappa shape index (κ2) is 2.70. The van der Waals surface area contributed by atoms with Crippen LogP contribution < -0.4 is 0 Å². The summed E-state index contributed by atoms with van der Waals surface area (Å²) in [5.41, 5.74) is -0.960. The molecule has 0 N–H and O–H groups in total. The summed E-state index contributed by atoms with van der Waals surface area (Å²) in [7, 11) is 0. The normalized spacial score (nSPS) is 34.8. The van der Waals surface area contributed by atoms with Crippen LogP contribution in [0.2, 0.25) is 0 Å². The van der Waals surface area contributed by atoms with E-state index < -0.39 is 5.60 Å². The third-order valence-corrected chi connectivity index (χ3v) is 2.44. The first kappa shape index (κ1) is 9.46. The molecule has 0 aromatic rings. The zero-order valence-electron chi connectivity index (χ0n) is 8.02. The van der Waals surface area contributed by atoms with Crippen LogP contribution in [0.5, 0.6) is 0 Å². The Morgan fingerprint density at radius 3 is 2.50 bits per heavy atom. The zero-order chi connectivity index (χ0) is 9.41. The van der Waals surface area contributed by atoms with E-state index in [1.807, 2.05) is 20.8 Å². The Hall–Kier alpha value is -0.630. The average molecular weight is 168 g/mol. The monoisotopic (exact) mass is 168 g/mol. The van der Waals surface area contributed by atoms with Gasteiger partial charge in [0.05, 0.1) is 5.60 Å². The Morgan fingerprint density at radius 2 is 2.08 bits per heavy atom. The van der Waals surface area contributed by atoms with Gasteiger partial charge in [-0.2, -0.15) is 0 Å². The fourth-order valence-electron chi connectivity index (χ4n) is 1.50. The summed E-state index contributed by atoms with van der Waals surface area (Å²) in [6.07, 6.45) is 3.12. The van der Waals surface area contributed by atoms with Gasteiger partial charge < -0.3 is 4.74 Å². The van der Waals surface area contributed by atoms with Crippen molar-refractivity contribution in [3.05, 3.63) is 12.7 Å². The largest absolute Gasteiger partial charge is 0.358 e. The molecule has 1 saturated heterocycles. The molecule has 68 valence electrons. The SMILES string of the molecule is C=CC1(C)CCC(=O)C(C)(C)O1. The van der Waals surface area contributed by atoms with Crippen molar-refractivity contribution in [3.63, 3.8) is 0 Å². The molecule has 2 nitrogen and oxygen atoms in total. The second-order valence-electron chi connectivity index (χ2n) is 4.05. The first-order chi connectivity index (χ1) is 5.40. The van der Waals surface area contributed by atoms with E-state index in [0.29, 0.717) is 6.42 Å². The predicted octanol–water partition coefficient (Wildman–Crippen LogP) is 2.09. The van der Waals surface area contributed by atoms with Gasteiger partial charge in [0.15, 0.2) is 5.78 Å². The summed E-state index contributed by atoms with van der Waals surface area (Å²) in [6, 6.07) is 0. The van der Waals surface area contributed by atoms with Crippen molar-refractivity contribution < 1.29 is 9.53 Å². The molecule has 1 heterocycles. The fourth-order valence-corrected chi connectivity index (χ4v) is 1.50. The lowest BCUT2D eigenvalue weighted by atomic mass is 9.87. The van der Waals surface area contributed by atoms with Gasteiger partial charge in [0.1, 0.15) is 5.60 Å². The molecule has 0 spiro atoms. The minimum atomic E-state index is -0.638. The molecular formula is C10H16O2. The molecule has 1 atom stereocenters. The molecule has 2 heteroatoms. The number of Topliss-reactive ketones (excluding diaryl/α,β-unsaturated/α-hetero) is 1. The Labute approximate surface area is 73.6 Å². The number of ketones is 1. The average Bonchev–Trinajstić information content (AvgIpc) is 1.97. The lowest BCUT2D eigenvalue weighted by Gasteiger charge is -2.40. The smallest absolute Gasteiger partial charge is 0.164 e. The highest BCUT2D eigenvalue weighted by atomic mass is 16.5. The molecule has 0 radical (unpaired) electrons. The maximum absolute atomic E-state index is 11.4. The highest BCUT2D eigenvalue weighted by Crippen LogP contribution is 2.33. The highest BCUT2D eigenvalue weighted by molar-refractivity contribution is 5.87. The van der Waals surface area contributed by atoms with Crippen molar-refractivity contribution in [2.75, 3.05) is 0 Å². The number of carbonyl (C=O) groups is 1. The van der Waals surface area contributed by atoms with Crippen molar-refractivity contribution >= 4 is 5.78 Å². The number of carbonyl (C=O) groups excluding carboxylic acids is 1. The van der Waals surface area contributed by atoms with Gasteiger partial charge in [0, 0.05) is 6.42 Å². The minimum absolute atomic E-state index is 0.182. The van der Waals surface area contributed by atoms with Gasteiger partial charge in [-0.3, -0.25) is 4.79 Å². The van der Waals surface area contributed by atoms with E-state index in [2.05, 4.69) is 6.58 Å². The third-order valence-electron chi connectivity index (χ3n) is 2.44. The van der Waals surface area contributed by atoms with E-state index in [0.717, 1.165) is 6.42 Å². The summed E-state index contributed by atoms with van der Waals surface area (Å²) in [5, 5.41) is 0. The quantitative estimate of drug-likeness (QED) is 0.560. The van der Waals surface area contributed by atoms with Gasteiger partial charge in [-0.25, -0.2) is 0 Å². The van der Waals surface area contributed by atoms with E-state index >= 15 is 0 Å². The maximum atomic E-state index is 11.4. The molecule has 0 aromatic carbocycles. The van der Waals surface area contributed by atoms with Gasteiger partial charge in [0.25, 0.3) is 0 Å². The molecule has 12 heavy (non-hydrogen) atoms. The van der Waals surface area contributed by atoms with Crippen molar-refractivity contribution in [1.82, 2.24) is 0 Å². The molecule has 0 aromatic heterocycles. The van der Waals surface area contributed by atoms with Gasteiger partial charge in [0.2, 0.25) is 0 Å². The standard InChI is InChI=1S/C10H16O2/c1-5-10(4)7-6-8(11)9(2,3)12-10/h5H,1,6-7H2,2-4H3. The summed E-state index contributed by atoms with van der Waals surface area (Å²) in [5.74, 6) is 0.182. The highest BCUT2D eigenvalue weighted by Gasteiger charge is 2.40. The summed E-state index contributed by atoms with van der Waals surface area (Å²) in [4.78, 5) is 11.4. The van der Waals surface area contributed by atoms with Crippen LogP contribution in [-0.2, 0) is 9.53 Å². The van der Waals surface area contributed by atoms with Crippen LogP contribution in [0.25, 0.3) is 0 Å². The van der Waals surface area contributed by atoms with Crippen LogP contribution >= 0.6 is 0 Å².